The van der Waals surface area contributed by atoms with Crippen molar-refractivity contribution in [3.63, 3.8) is 0 Å². The Morgan fingerprint density at radius 2 is 1.93 bits per heavy atom. The normalized spacial score (nSPS) is 15.9. The van der Waals surface area contributed by atoms with Gasteiger partial charge in [0.15, 0.2) is 0 Å². The first kappa shape index (κ1) is 23.0. The number of carbonyl (C=O) groups excluding carboxylic acids is 1. The zero-order chi connectivity index (χ0) is 21.3. The summed E-state index contributed by atoms with van der Waals surface area (Å²) in [6.45, 7) is 7.53. The van der Waals surface area contributed by atoms with Crippen molar-refractivity contribution >= 4 is 6.16 Å². The molecule has 0 spiro atoms. The third-order valence-electron chi connectivity index (χ3n) is 3.72. The molecule has 0 amide bonds. The molecule has 2 rings (SSSR count). The van der Waals surface area contributed by atoms with Gasteiger partial charge in [0.25, 0.3) is 5.70 Å². The molecule has 28 heavy (non-hydrogen) atoms. The summed E-state index contributed by atoms with van der Waals surface area (Å²) in [4.78, 5) is 22.8. The summed E-state index contributed by atoms with van der Waals surface area (Å²) in [6.07, 6.45) is -0.940. The maximum atomic E-state index is 11.6. The maximum absolute atomic E-state index is 11.6. The molecular weight excluding hydrogens is 368 g/mol. The third-order valence-corrected chi connectivity index (χ3v) is 3.72. The summed E-state index contributed by atoms with van der Waals surface area (Å²) in [5.41, 5.74) is 1.36. The van der Waals surface area contributed by atoms with Crippen LogP contribution in [0.4, 0.5) is 4.79 Å². The highest BCUT2D eigenvalue weighted by atomic mass is 16.7. The van der Waals surface area contributed by atoms with Crippen LogP contribution in [0, 0.1) is 10.1 Å². The Morgan fingerprint density at radius 3 is 2.46 bits per heavy atom. The number of hydrogen-bond acceptors (Lipinski definition) is 8. The van der Waals surface area contributed by atoms with Gasteiger partial charge in [0, 0.05) is 6.61 Å². The fourth-order valence-electron chi connectivity index (χ4n) is 2.73. The van der Waals surface area contributed by atoms with E-state index in [1.165, 1.54) is 7.11 Å². The van der Waals surface area contributed by atoms with Crippen LogP contribution in [0.5, 0.6) is 5.75 Å². The Labute approximate surface area is 163 Å². The highest BCUT2D eigenvalue weighted by Crippen LogP contribution is 2.39. The number of aliphatic hydroxyl groups excluding tert-OH is 1. The van der Waals surface area contributed by atoms with E-state index < -0.39 is 17.0 Å². The van der Waals surface area contributed by atoms with Crippen molar-refractivity contribution in [2.24, 2.45) is 0 Å². The molecule has 1 aromatic rings. The fourth-order valence-corrected chi connectivity index (χ4v) is 2.73. The van der Waals surface area contributed by atoms with E-state index in [1.54, 1.807) is 45.0 Å². The molecule has 1 heterocycles. The Kier molecular flexibility index (Phi) is 8.97. The summed E-state index contributed by atoms with van der Waals surface area (Å²) in [7, 11) is 1.18. The van der Waals surface area contributed by atoms with E-state index in [9.17, 15) is 14.9 Å². The molecule has 1 aliphatic heterocycles. The van der Waals surface area contributed by atoms with E-state index in [1.807, 2.05) is 6.92 Å². The lowest BCUT2D eigenvalue weighted by atomic mass is 9.89. The quantitative estimate of drug-likeness (QED) is 0.443. The van der Waals surface area contributed by atoms with Gasteiger partial charge in [-0.3, -0.25) is 10.1 Å². The van der Waals surface area contributed by atoms with Crippen LogP contribution in [0.15, 0.2) is 47.1 Å². The van der Waals surface area contributed by atoms with E-state index in [2.05, 4.69) is 10.1 Å². The van der Waals surface area contributed by atoms with Crippen molar-refractivity contribution in [1.82, 2.24) is 5.32 Å². The number of aliphatic hydroxyl groups is 1. The molecule has 0 saturated carbocycles. The molecule has 0 fully saturated rings. The van der Waals surface area contributed by atoms with E-state index in [0.717, 1.165) is 0 Å². The van der Waals surface area contributed by atoms with Crippen LogP contribution in [0.25, 0.3) is 0 Å². The van der Waals surface area contributed by atoms with Gasteiger partial charge in [0.2, 0.25) is 0 Å². The monoisotopic (exact) mass is 394 g/mol. The second-order valence-corrected chi connectivity index (χ2v) is 5.69. The number of hydrogen-bond donors (Lipinski definition) is 2. The first-order chi connectivity index (χ1) is 13.3. The Balaban J connectivity index is 0.00000122. The van der Waals surface area contributed by atoms with Crippen molar-refractivity contribution in [2.45, 2.75) is 33.6 Å². The lowest BCUT2D eigenvalue weighted by molar-refractivity contribution is -0.431. The van der Waals surface area contributed by atoms with Crippen LogP contribution in [0.1, 0.15) is 39.2 Å². The van der Waals surface area contributed by atoms with Crippen LogP contribution >= 0.6 is 0 Å². The zero-order valence-electron chi connectivity index (χ0n) is 16.6. The molecular formula is C19H26N2O7. The highest BCUT2D eigenvalue weighted by Gasteiger charge is 2.39. The Hall–Kier alpha value is -3.07. The molecule has 0 radical (unpaired) electrons. The molecule has 2 N–H and O–H groups in total. The van der Waals surface area contributed by atoms with Crippen LogP contribution in [-0.2, 0) is 9.47 Å². The second kappa shape index (κ2) is 10.9. The number of nitrogens with one attached hydrogen (secondary N) is 1. The Bertz CT molecular complexity index is 771. The fraction of sp³-hybridized carbons (Fsp3) is 0.421. The number of benzene rings is 1. The number of carbonyl (C=O) groups is 1. The molecule has 9 nitrogen and oxygen atoms in total. The van der Waals surface area contributed by atoms with Gasteiger partial charge < -0.3 is 24.6 Å². The molecule has 9 heteroatoms. The molecule has 1 aliphatic rings. The van der Waals surface area contributed by atoms with Gasteiger partial charge in [-0.05, 0) is 45.4 Å². The number of dihydropyridines is 1. The maximum Gasteiger partial charge on any atom is 0.513 e. The van der Waals surface area contributed by atoms with Gasteiger partial charge in [0.1, 0.15) is 17.4 Å². The molecule has 1 aromatic carbocycles. The van der Waals surface area contributed by atoms with E-state index in [4.69, 9.17) is 14.6 Å². The summed E-state index contributed by atoms with van der Waals surface area (Å²) in [5, 5.41) is 22.1. The average Bonchev–Trinajstić information content (AvgIpc) is 2.64. The number of methoxy groups -OCH3 is 1. The Morgan fingerprint density at radius 1 is 1.29 bits per heavy atom. The minimum atomic E-state index is -0.940. The zero-order valence-corrected chi connectivity index (χ0v) is 16.6. The number of ether oxygens (including phenoxy) is 3. The molecule has 0 aliphatic carbocycles. The summed E-state index contributed by atoms with van der Waals surface area (Å²) >= 11 is 0. The molecule has 0 bridgehead atoms. The second-order valence-electron chi connectivity index (χ2n) is 5.69. The minimum absolute atomic E-state index is 0.0989. The van der Waals surface area contributed by atoms with Gasteiger partial charge in [-0.15, -0.1) is 0 Å². The van der Waals surface area contributed by atoms with Crippen molar-refractivity contribution in [3.05, 3.63) is 62.8 Å². The largest absolute Gasteiger partial charge is 0.513 e. The number of allylic oxidation sites excluding steroid dienone is 2. The van der Waals surface area contributed by atoms with Crippen molar-refractivity contribution in [2.75, 3.05) is 20.3 Å². The summed E-state index contributed by atoms with van der Waals surface area (Å²) in [6, 6.07) is 6.92. The lowest BCUT2D eigenvalue weighted by Gasteiger charge is -2.26. The van der Waals surface area contributed by atoms with Crippen molar-refractivity contribution in [1.29, 1.82) is 0 Å². The molecule has 1 atom stereocenters. The standard InChI is InChI=1S/C17H20N2O6.C2H6O/c1-5-24-13-8-6-7-12(9-13)14-15(19(21)22)10(2)18-11(3)16(14)25-17(20)23-4;1-2-3/h6-9,14,18H,5H2,1-4H3;3H,2H2,1H3. The predicted molar refractivity (Wildman–Crippen MR) is 102 cm³/mol. The minimum Gasteiger partial charge on any atom is -0.494 e. The van der Waals surface area contributed by atoms with Gasteiger partial charge in [-0.25, -0.2) is 4.79 Å². The first-order valence-electron chi connectivity index (χ1n) is 8.72. The van der Waals surface area contributed by atoms with Crippen LogP contribution in [-0.4, -0.2) is 36.5 Å². The van der Waals surface area contributed by atoms with Crippen LogP contribution < -0.4 is 10.1 Å². The van der Waals surface area contributed by atoms with Crippen molar-refractivity contribution in [3.8, 4) is 5.75 Å². The summed E-state index contributed by atoms with van der Waals surface area (Å²) < 4.78 is 15.2. The molecule has 1 unspecified atom stereocenters. The highest BCUT2D eigenvalue weighted by molar-refractivity contribution is 5.62. The number of nitrogens with zero attached hydrogens (tertiary/aromatic N) is 1. The number of nitro groups is 1. The van der Waals surface area contributed by atoms with E-state index in [-0.39, 0.29) is 18.1 Å². The molecule has 0 saturated heterocycles. The number of rotatable bonds is 5. The topological polar surface area (TPSA) is 120 Å². The first-order valence-corrected chi connectivity index (χ1v) is 8.72. The summed E-state index contributed by atoms with van der Waals surface area (Å²) in [5.74, 6) is -0.164. The lowest BCUT2D eigenvalue weighted by Crippen LogP contribution is -2.29. The van der Waals surface area contributed by atoms with E-state index >= 15 is 0 Å². The van der Waals surface area contributed by atoms with Gasteiger partial charge in [-0.1, -0.05) is 12.1 Å². The average molecular weight is 394 g/mol. The van der Waals surface area contributed by atoms with E-state index in [0.29, 0.717) is 29.3 Å². The smallest absolute Gasteiger partial charge is 0.494 e. The van der Waals surface area contributed by atoms with Gasteiger partial charge in [0.05, 0.1) is 30.0 Å². The molecule has 0 aromatic heterocycles. The third kappa shape index (κ3) is 5.71. The van der Waals surface area contributed by atoms with Crippen LogP contribution in [0.2, 0.25) is 0 Å². The SMILES string of the molecule is CCO.CCOc1cccc(C2C(OC(=O)OC)=C(C)NC(C)=C2[N+](=O)[O-])c1. The van der Waals surface area contributed by atoms with Gasteiger partial charge >= 0.3 is 6.16 Å². The predicted octanol–water partition coefficient (Wildman–Crippen LogP) is 3.29. The van der Waals surface area contributed by atoms with Crippen LogP contribution in [0.3, 0.4) is 0 Å². The molecule has 154 valence electrons. The van der Waals surface area contributed by atoms with Gasteiger partial charge in [-0.2, -0.15) is 0 Å². The van der Waals surface area contributed by atoms with Crippen molar-refractivity contribution < 1.29 is 29.0 Å².